The van der Waals surface area contributed by atoms with Crippen molar-refractivity contribution in [3.8, 4) is 0 Å². The van der Waals surface area contributed by atoms with Crippen molar-refractivity contribution < 1.29 is 4.84 Å². The van der Waals surface area contributed by atoms with Crippen LogP contribution in [-0.4, -0.2) is 37.1 Å². The minimum absolute atomic E-state index is 0.0490. The van der Waals surface area contributed by atoms with Crippen molar-refractivity contribution in [3.05, 3.63) is 22.7 Å². The van der Waals surface area contributed by atoms with E-state index in [1.54, 1.807) is 6.34 Å². The molecule has 1 saturated heterocycles. The summed E-state index contributed by atoms with van der Waals surface area (Å²) in [6, 6.07) is 1.31. The summed E-state index contributed by atoms with van der Waals surface area (Å²) in [5.41, 5.74) is 5.46. The van der Waals surface area contributed by atoms with E-state index in [9.17, 15) is 0 Å². The van der Waals surface area contributed by atoms with Crippen molar-refractivity contribution in [2.24, 2.45) is 4.99 Å². The van der Waals surface area contributed by atoms with Crippen molar-refractivity contribution in [2.45, 2.75) is 64.7 Å². The van der Waals surface area contributed by atoms with Gasteiger partial charge < -0.3 is 20.8 Å². The highest BCUT2D eigenvalue weighted by atomic mass is 16.7. The summed E-state index contributed by atoms with van der Waals surface area (Å²) in [5, 5.41) is 10.5. The molecule has 3 aliphatic rings. The van der Waals surface area contributed by atoms with Crippen molar-refractivity contribution in [1.29, 1.82) is 0 Å². The monoisotopic (exact) mass is 305 g/mol. The number of rotatable bonds is 3. The molecule has 3 aliphatic heterocycles. The fourth-order valence-electron chi connectivity index (χ4n) is 3.51. The van der Waals surface area contributed by atoms with Gasteiger partial charge in [-0.3, -0.25) is 4.99 Å². The number of aliphatic imine (C=N–C) groups is 1. The Morgan fingerprint density at radius 3 is 2.82 bits per heavy atom. The number of hydrogen-bond donors (Lipinski definition) is 4. The fraction of sp³-hybridized carbons (Fsp3) is 0.688. The number of hydroxylamine groups is 1. The molecule has 0 aromatic heterocycles. The van der Waals surface area contributed by atoms with Gasteiger partial charge in [0.15, 0.2) is 0 Å². The number of piperidine rings is 1. The summed E-state index contributed by atoms with van der Waals surface area (Å²) < 4.78 is 0. The SMILES string of the molecule is CC1=C(C2N=CNC(NC3CCNC(C)C3)=C2C)C(C)NO1. The topological polar surface area (TPSA) is 69.7 Å². The molecule has 0 spiro atoms. The van der Waals surface area contributed by atoms with Gasteiger partial charge in [0.05, 0.1) is 12.4 Å². The third kappa shape index (κ3) is 2.98. The van der Waals surface area contributed by atoms with E-state index >= 15 is 0 Å². The van der Waals surface area contributed by atoms with E-state index in [1.165, 1.54) is 11.1 Å². The van der Waals surface area contributed by atoms with E-state index in [2.05, 4.69) is 47.2 Å². The molecule has 4 N–H and O–H groups in total. The molecule has 0 aromatic rings. The van der Waals surface area contributed by atoms with Gasteiger partial charge in [-0.25, -0.2) is 0 Å². The Morgan fingerprint density at radius 2 is 2.14 bits per heavy atom. The molecule has 22 heavy (non-hydrogen) atoms. The van der Waals surface area contributed by atoms with Crippen LogP contribution < -0.4 is 21.4 Å². The van der Waals surface area contributed by atoms with Gasteiger partial charge in [0.2, 0.25) is 0 Å². The molecule has 4 unspecified atom stereocenters. The molecule has 6 nitrogen and oxygen atoms in total. The Balaban J connectivity index is 1.76. The van der Waals surface area contributed by atoms with Crippen LogP contribution in [0.15, 0.2) is 27.7 Å². The van der Waals surface area contributed by atoms with Crippen molar-refractivity contribution in [2.75, 3.05) is 6.54 Å². The molecule has 3 rings (SSSR count). The highest BCUT2D eigenvalue weighted by Gasteiger charge is 2.32. The van der Waals surface area contributed by atoms with Gasteiger partial charge in [0, 0.05) is 17.7 Å². The van der Waals surface area contributed by atoms with Gasteiger partial charge in [0.25, 0.3) is 0 Å². The van der Waals surface area contributed by atoms with Crippen LogP contribution in [0.1, 0.15) is 40.5 Å². The largest absolute Gasteiger partial charge is 0.413 e. The van der Waals surface area contributed by atoms with Crippen LogP contribution in [0.4, 0.5) is 0 Å². The Labute approximate surface area is 132 Å². The average Bonchev–Trinajstić information content (AvgIpc) is 2.81. The highest BCUT2D eigenvalue weighted by molar-refractivity contribution is 5.62. The maximum absolute atomic E-state index is 5.46. The predicted molar refractivity (Wildman–Crippen MR) is 88.1 cm³/mol. The maximum Gasteiger partial charge on any atom is 0.124 e. The van der Waals surface area contributed by atoms with E-state index in [0.29, 0.717) is 12.1 Å². The van der Waals surface area contributed by atoms with E-state index in [4.69, 9.17) is 4.84 Å². The first-order valence-electron chi connectivity index (χ1n) is 8.18. The summed E-state index contributed by atoms with van der Waals surface area (Å²) in [7, 11) is 0. The van der Waals surface area contributed by atoms with Gasteiger partial charge in [-0.15, -0.1) is 0 Å². The molecule has 0 aliphatic carbocycles. The van der Waals surface area contributed by atoms with Gasteiger partial charge in [-0.05, 0) is 52.7 Å². The van der Waals surface area contributed by atoms with Crippen LogP contribution in [0.2, 0.25) is 0 Å². The molecule has 0 amide bonds. The third-order valence-electron chi connectivity index (χ3n) is 4.77. The lowest BCUT2D eigenvalue weighted by Gasteiger charge is -2.32. The van der Waals surface area contributed by atoms with E-state index in [-0.39, 0.29) is 12.1 Å². The van der Waals surface area contributed by atoms with Gasteiger partial charge in [0.1, 0.15) is 17.6 Å². The molecule has 4 atom stereocenters. The van der Waals surface area contributed by atoms with E-state index in [0.717, 1.165) is 31.0 Å². The van der Waals surface area contributed by atoms with Gasteiger partial charge in [-0.2, -0.15) is 5.48 Å². The van der Waals surface area contributed by atoms with Crippen LogP contribution in [-0.2, 0) is 4.84 Å². The van der Waals surface area contributed by atoms with Crippen molar-refractivity contribution >= 4 is 6.34 Å². The predicted octanol–water partition coefficient (Wildman–Crippen LogP) is 1.15. The summed E-state index contributed by atoms with van der Waals surface area (Å²) in [6.45, 7) is 9.57. The zero-order valence-electron chi connectivity index (χ0n) is 13.9. The molecule has 1 fully saturated rings. The zero-order valence-corrected chi connectivity index (χ0v) is 13.9. The molecule has 6 heteroatoms. The van der Waals surface area contributed by atoms with Crippen LogP contribution in [0.5, 0.6) is 0 Å². The van der Waals surface area contributed by atoms with Crippen LogP contribution in [0, 0.1) is 0 Å². The van der Waals surface area contributed by atoms with Crippen molar-refractivity contribution in [3.63, 3.8) is 0 Å². The van der Waals surface area contributed by atoms with Crippen LogP contribution in [0.25, 0.3) is 0 Å². The standard InChI is InChI=1S/C16H27N5O/c1-9-7-13(5-6-17-9)20-16-10(2)15(18-8-19-16)14-11(3)21-22-12(14)4/h8-9,11,13,15,17,20-21H,5-7H2,1-4H3,(H,18,19). The molecular weight excluding hydrogens is 278 g/mol. The first-order valence-corrected chi connectivity index (χ1v) is 8.18. The number of allylic oxidation sites excluding steroid dienone is 1. The van der Waals surface area contributed by atoms with Crippen LogP contribution >= 0.6 is 0 Å². The zero-order chi connectivity index (χ0) is 15.7. The highest BCUT2D eigenvalue weighted by Crippen LogP contribution is 2.28. The molecule has 0 bridgehead atoms. The lowest BCUT2D eigenvalue weighted by atomic mass is 9.93. The third-order valence-corrected chi connectivity index (χ3v) is 4.77. The normalized spacial score (nSPS) is 35.5. The van der Waals surface area contributed by atoms with E-state index < -0.39 is 0 Å². The first kappa shape index (κ1) is 15.4. The van der Waals surface area contributed by atoms with Crippen LogP contribution in [0.3, 0.4) is 0 Å². The second-order valence-electron chi connectivity index (χ2n) is 6.56. The van der Waals surface area contributed by atoms with Gasteiger partial charge in [-0.1, -0.05) is 0 Å². The molecule has 3 heterocycles. The molecular formula is C16H27N5O. The van der Waals surface area contributed by atoms with E-state index in [1.807, 2.05) is 6.92 Å². The summed E-state index contributed by atoms with van der Waals surface area (Å²) in [5.74, 6) is 2.03. The Hall–Kier alpha value is -1.53. The molecule has 0 radical (unpaired) electrons. The number of hydrogen-bond acceptors (Lipinski definition) is 6. The summed E-state index contributed by atoms with van der Waals surface area (Å²) >= 11 is 0. The Kier molecular flexibility index (Phi) is 4.40. The molecule has 0 saturated carbocycles. The lowest BCUT2D eigenvalue weighted by Crippen LogP contribution is -2.47. The second-order valence-corrected chi connectivity index (χ2v) is 6.56. The molecule has 122 valence electrons. The smallest absolute Gasteiger partial charge is 0.124 e. The van der Waals surface area contributed by atoms with Crippen molar-refractivity contribution in [1.82, 2.24) is 21.4 Å². The Bertz CT molecular complexity index is 525. The van der Waals surface area contributed by atoms with Gasteiger partial charge >= 0.3 is 0 Å². The minimum atomic E-state index is 0.0490. The number of nitrogens with one attached hydrogen (secondary N) is 4. The quantitative estimate of drug-likeness (QED) is 0.630. The fourth-order valence-corrected chi connectivity index (χ4v) is 3.51. The number of nitrogens with zero attached hydrogens (tertiary/aromatic N) is 1. The molecule has 0 aromatic carbocycles. The summed E-state index contributed by atoms with van der Waals surface area (Å²) in [6.07, 6.45) is 4.09. The average molecular weight is 305 g/mol. The first-order chi connectivity index (χ1) is 10.6. The Morgan fingerprint density at radius 1 is 1.32 bits per heavy atom. The second kappa shape index (κ2) is 6.30. The maximum atomic E-state index is 5.46. The minimum Gasteiger partial charge on any atom is -0.413 e. The lowest BCUT2D eigenvalue weighted by molar-refractivity contribution is 0.121. The summed E-state index contributed by atoms with van der Waals surface area (Å²) in [4.78, 5) is 10.1.